The molecule has 0 bridgehead atoms. The monoisotopic (exact) mass is 527 g/mol. The molecule has 1 N–H and O–H groups in total. The molecule has 5 aromatic rings. The Labute approximate surface area is 224 Å². The second kappa shape index (κ2) is 10.9. The smallest absolute Gasteiger partial charge is 0.254 e. The number of pyridine rings is 2. The van der Waals surface area contributed by atoms with Crippen molar-refractivity contribution in [1.29, 1.82) is 0 Å². The molecule has 1 fully saturated rings. The van der Waals surface area contributed by atoms with Crippen LogP contribution in [0.15, 0.2) is 73.2 Å². The van der Waals surface area contributed by atoms with Gasteiger partial charge in [0, 0.05) is 67.8 Å². The number of halogens is 2. The van der Waals surface area contributed by atoms with E-state index in [1.165, 1.54) is 18.2 Å². The fraction of sp³-hybridized carbons (Fsp3) is 0.233. The Morgan fingerprint density at radius 3 is 2.67 bits per heavy atom. The van der Waals surface area contributed by atoms with Crippen LogP contribution in [-0.2, 0) is 11.2 Å². The van der Waals surface area contributed by atoms with Crippen LogP contribution in [0.3, 0.4) is 0 Å². The molecule has 0 atom stereocenters. The summed E-state index contributed by atoms with van der Waals surface area (Å²) in [5.74, 6) is -1.64. The first-order valence-electron chi connectivity index (χ1n) is 12.9. The van der Waals surface area contributed by atoms with Crippen LogP contribution < -0.4 is 5.32 Å². The Hall–Kier alpha value is -4.21. The van der Waals surface area contributed by atoms with Gasteiger partial charge in [-0.25, -0.2) is 13.8 Å². The molecule has 39 heavy (non-hydrogen) atoms. The number of rotatable bonds is 7. The molecule has 0 unspecified atom stereocenters. The maximum Gasteiger partial charge on any atom is 0.254 e. The molecular weight excluding hydrogens is 500 g/mol. The lowest BCUT2D eigenvalue weighted by Crippen LogP contribution is -2.41. The molecular formula is C30H27F2N5O2. The lowest BCUT2D eigenvalue weighted by atomic mass is 10.0. The molecule has 0 radical (unpaired) electrons. The number of morpholine rings is 1. The summed E-state index contributed by atoms with van der Waals surface area (Å²) in [5.41, 5.74) is 3.85. The molecule has 1 saturated heterocycles. The van der Waals surface area contributed by atoms with Crippen molar-refractivity contribution >= 4 is 22.5 Å². The number of carbonyl (C=O) groups is 1. The van der Waals surface area contributed by atoms with Crippen LogP contribution in [0, 0.1) is 11.6 Å². The Morgan fingerprint density at radius 1 is 0.974 bits per heavy atom. The predicted octanol–water partition coefficient (Wildman–Crippen LogP) is 4.48. The summed E-state index contributed by atoms with van der Waals surface area (Å²) in [6.45, 7) is 4.09. The number of ether oxygens (including phenoxy) is 1. The maximum absolute atomic E-state index is 15.0. The zero-order valence-corrected chi connectivity index (χ0v) is 21.2. The maximum atomic E-state index is 15.0. The Kier molecular flexibility index (Phi) is 7.00. The van der Waals surface area contributed by atoms with Gasteiger partial charge in [-0.05, 0) is 47.5 Å². The minimum absolute atomic E-state index is 0.0450. The Morgan fingerprint density at radius 2 is 1.82 bits per heavy atom. The van der Waals surface area contributed by atoms with Gasteiger partial charge in [0.25, 0.3) is 5.91 Å². The molecule has 7 nitrogen and oxygen atoms in total. The molecule has 1 aliphatic heterocycles. The van der Waals surface area contributed by atoms with Crippen molar-refractivity contribution in [3.05, 3.63) is 102 Å². The highest BCUT2D eigenvalue weighted by atomic mass is 19.1. The van der Waals surface area contributed by atoms with E-state index in [4.69, 9.17) is 4.74 Å². The molecule has 0 spiro atoms. The summed E-state index contributed by atoms with van der Waals surface area (Å²) in [6.07, 6.45) is 5.69. The van der Waals surface area contributed by atoms with E-state index in [-0.39, 0.29) is 11.2 Å². The largest absolute Gasteiger partial charge is 0.379 e. The quantitative estimate of drug-likeness (QED) is 0.338. The standard InChI is InChI=1S/C30H27F2N5O2/c31-26-16-21(4-5-25(26)30(38)34-8-9-36-10-12-39-13-11-36)23-17-27(32)29-35-18-24(37(29)19-23)15-20-3-6-28-22(14-20)2-1-7-33-28/h1-7,14,16-19H,8-13,15H2,(H,34,38). The van der Waals surface area contributed by atoms with Gasteiger partial charge in [-0.2, -0.15) is 0 Å². The Balaban J connectivity index is 1.21. The number of nitrogens with zero attached hydrogens (tertiary/aromatic N) is 4. The van der Waals surface area contributed by atoms with Crippen molar-refractivity contribution < 1.29 is 18.3 Å². The third-order valence-corrected chi connectivity index (χ3v) is 7.05. The van der Waals surface area contributed by atoms with Crippen LogP contribution in [0.2, 0.25) is 0 Å². The minimum atomic E-state index is -0.660. The highest BCUT2D eigenvalue weighted by Crippen LogP contribution is 2.26. The van der Waals surface area contributed by atoms with Gasteiger partial charge in [-0.3, -0.25) is 14.7 Å². The van der Waals surface area contributed by atoms with Crippen LogP contribution in [0.1, 0.15) is 21.6 Å². The van der Waals surface area contributed by atoms with E-state index in [1.807, 2.05) is 24.3 Å². The molecule has 9 heteroatoms. The summed E-state index contributed by atoms with van der Waals surface area (Å²) in [4.78, 5) is 23.4. The second-order valence-corrected chi connectivity index (χ2v) is 9.63. The molecule has 6 rings (SSSR count). The normalized spacial score (nSPS) is 14.2. The van der Waals surface area contributed by atoms with Gasteiger partial charge < -0.3 is 14.5 Å². The van der Waals surface area contributed by atoms with Crippen molar-refractivity contribution in [2.45, 2.75) is 6.42 Å². The third kappa shape index (κ3) is 5.36. The van der Waals surface area contributed by atoms with Crippen molar-refractivity contribution in [1.82, 2.24) is 24.6 Å². The van der Waals surface area contributed by atoms with E-state index in [9.17, 15) is 4.79 Å². The van der Waals surface area contributed by atoms with Crippen molar-refractivity contribution in [2.24, 2.45) is 0 Å². The molecule has 1 amide bonds. The topological polar surface area (TPSA) is 71.8 Å². The highest BCUT2D eigenvalue weighted by molar-refractivity contribution is 5.95. The van der Waals surface area contributed by atoms with Gasteiger partial charge in [0.05, 0.1) is 24.3 Å². The lowest BCUT2D eigenvalue weighted by molar-refractivity contribution is 0.0383. The van der Waals surface area contributed by atoms with E-state index in [0.717, 1.165) is 35.2 Å². The van der Waals surface area contributed by atoms with Crippen LogP contribution in [0.25, 0.3) is 27.7 Å². The zero-order valence-electron chi connectivity index (χ0n) is 21.2. The molecule has 4 heterocycles. The van der Waals surface area contributed by atoms with Gasteiger partial charge in [-0.15, -0.1) is 0 Å². The molecule has 0 aliphatic carbocycles. The SMILES string of the molecule is O=C(NCCN1CCOCC1)c1ccc(-c2cc(F)c3ncc(Cc4ccc5ncccc5c4)n3c2)cc1F. The van der Waals surface area contributed by atoms with E-state index < -0.39 is 17.5 Å². The van der Waals surface area contributed by atoms with Crippen molar-refractivity contribution in [2.75, 3.05) is 39.4 Å². The second-order valence-electron chi connectivity index (χ2n) is 9.63. The number of hydrogen-bond acceptors (Lipinski definition) is 5. The number of carbonyl (C=O) groups excluding carboxylic acids is 1. The number of benzene rings is 2. The van der Waals surface area contributed by atoms with Crippen LogP contribution in [0.4, 0.5) is 8.78 Å². The van der Waals surface area contributed by atoms with Crippen molar-refractivity contribution in [3.8, 4) is 11.1 Å². The molecule has 0 saturated carbocycles. The summed E-state index contributed by atoms with van der Waals surface area (Å²) in [7, 11) is 0. The number of fused-ring (bicyclic) bond motifs is 2. The molecule has 198 valence electrons. The number of amides is 1. The summed E-state index contributed by atoms with van der Waals surface area (Å²) < 4.78 is 37.1. The van der Waals surface area contributed by atoms with Gasteiger partial charge >= 0.3 is 0 Å². The molecule has 2 aromatic carbocycles. The average molecular weight is 528 g/mol. The predicted molar refractivity (Wildman–Crippen MR) is 145 cm³/mol. The van der Waals surface area contributed by atoms with Gasteiger partial charge in [-0.1, -0.05) is 18.2 Å². The fourth-order valence-electron chi connectivity index (χ4n) is 4.95. The van der Waals surface area contributed by atoms with Gasteiger partial charge in [0.1, 0.15) is 5.82 Å². The van der Waals surface area contributed by atoms with Crippen molar-refractivity contribution in [3.63, 3.8) is 0 Å². The minimum Gasteiger partial charge on any atom is -0.379 e. The van der Waals surface area contributed by atoms with Gasteiger partial charge in [0.2, 0.25) is 0 Å². The molecule has 1 aliphatic rings. The summed E-state index contributed by atoms with van der Waals surface area (Å²) in [6, 6.07) is 15.6. The molecule has 3 aromatic heterocycles. The summed E-state index contributed by atoms with van der Waals surface area (Å²) >= 11 is 0. The average Bonchev–Trinajstić information content (AvgIpc) is 3.36. The van der Waals surface area contributed by atoms with E-state index in [0.29, 0.717) is 43.9 Å². The number of imidazole rings is 1. The number of aromatic nitrogens is 3. The van der Waals surface area contributed by atoms with Crippen LogP contribution in [0.5, 0.6) is 0 Å². The Bertz CT molecular complexity index is 1660. The van der Waals surface area contributed by atoms with E-state index in [1.54, 1.807) is 29.1 Å². The first-order chi connectivity index (χ1) is 19.0. The third-order valence-electron chi connectivity index (χ3n) is 7.05. The van der Waals surface area contributed by atoms with Gasteiger partial charge in [0.15, 0.2) is 11.5 Å². The first-order valence-corrected chi connectivity index (χ1v) is 12.9. The lowest BCUT2D eigenvalue weighted by Gasteiger charge is -2.26. The zero-order chi connectivity index (χ0) is 26.8. The first kappa shape index (κ1) is 25.1. The number of nitrogens with one attached hydrogen (secondary N) is 1. The van der Waals surface area contributed by atoms with Crippen LogP contribution >= 0.6 is 0 Å². The van der Waals surface area contributed by atoms with E-state index >= 15 is 8.78 Å². The van der Waals surface area contributed by atoms with E-state index in [2.05, 4.69) is 26.3 Å². The fourth-order valence-corrected chi connectivity index (χ4v) is 4.95. The summed E-state index contributed by atoms with van der Waals surface area (Å²) in [5, 5.41) is 3.80. The van der Waals surface area contributed by atoms with Crippen LogP contribution in [-0.4, -0.2) is 64.6 Å². The number of hydrogen-bond donors (Lipinski definition) is 1. The highest BCUT2D eigenvalue weighted by Gasteiger charge is 2.16.